The van der Waals surface area contributed by atoms with Gasteiger partial charge in [0.1, 0.15) is 5.72 Å². The summed E-state index contributed by atoms with van der Waals surface area (Å²) in [6.07, 6.45) is 3.63. The van der Waals surface area contributed by atoms with Crippen LogP contribution in [-0.2, 0) is 14.3 Å². The minimum atomic E-state index is -0.569. The van der Waals surface area contributed by atoms with Gasteiger partial charge >= 0.3 is 0 Å². The molecule has 3 aliphatic heterocycles. The number of hydrogen-bond acceptors (Lipinski definition) is 4. The Kier molecular flexibility index (Phi) is 2.44. The Morgan fingerprint density at radius 2 is 2.11 bits per heavy atom. The van der Waals surface area contributed by atoms with Crippen LogP contribution in [0, 0.1) is 5.92 Å². The average Bonchev–Trinajstić information content (AvgIpc) is 2.88. The van der Waals surface area contributed by atoms with Crippen molar-refractivity contribution in [1.29, 1.82) is 0 Å². The second-order valence-corrected chi connectivity index (χ2v) is 7.08. The van der Waals surface area contributed by atoms with Gasteiger partial charge in [-0.2, -0.15) is 0 Å². The van der Waals surface area contributed by atoms with Crippen LogP contribution in [0.1, 0.15) is 40.5 Å². The van der Waals surface area contributed by atoms with Crippen LogP contribution in [-0.4, -0.2) is 39.5 Å². The van der Waals surface area contributed by atoms with Crippen molar-refractivity contribution in [1.82, 2.24) is 4.90 Å². The van der Waals surface area contributed by atoms with E-state index in [2.05, 4.69) is 13.8 Å². The number of carbonyl (C=O) groups excluding carboxylic acids is 1. The summed E-state index contributed by atoms with van der Waals surface area (Å²) < 4.78 is 12.1. The lowest BCUT2D eigenvalue weighted by Crippen LogP contribution is -2.78. The molecule has 1 amide bonds. The number of β-lactam (4-membered cyclic amide) rings is 1. The van der Waals surface area contributed by atoms with Crippen molar-refractivity contribution in [3.8, 4) is 0 Å². The van der Waals surface area contributed by atoms with E-state index < -0.39 is 11.5 Å². The van der Waals surface area contributed by atoms with Crippen LogP contribution in [0.2, 0.25) is 0 Å². The van der Waals surface area contributed by atoms with Crippen LogP contribution in [0.4, 0.5) is 0 Å². The SMILES string of the molecule is CCC1C2(OC2SC)OC(C)(C)N2C(=O)CC12C. The molecule has 3 rings (SSSR count). The van der Waals surface area contributed by atoms with Gasteiger partial charge in [-0.05, 0) is 33.4 Å². The molecule has 4 nitrogen and oxygen atoms in total. The first-order chi connectivity index (χ1) is 8.32. The molecular formula is C13H21NO3S. The Labute approximate surface area is 112 Å². The van der Waals surface area contributed by atoms with Crippen molar-refractivity contribution in [2.75, 3.05) is 6.26 Å². The lowest BCUT2D eigenvalue weighted by Gasteiger charge is -2.65. The Morgan fingerprint density at radius 3 is 2.56 bits per heavy atom. The average molecular weight is 271 g/mol. The van der Waals surface area contributed by atoms with Crippen LogP contribution in [0.3, 0.4) is 0 Å². The van der Waals surface area contributed by atoms with Crippen molar-refractivity contribution in [3.63, 3.8) is 0 Å². The first kappa shape index (κ1) is 12.8. The Balaban J connectivity index is 2.00. The van der Waals surface area contributed by atoms with Crippen LogP contribution < -0.4 is 0 Å². The summed E-state index contributed by atoms with van der Waals surface area (Å²) in [4.78, 5) is 13.8. The minimum Gasteiger partial charge on any atom is -0.326 e. The molecule has 0 radical (unpaired) electrons. The fourth-order valence-electron chi connectivity index (χ4n) is 4.18. The number of thioether (sulfide) groups is 1. The van der Waals surface area contributed by atoms with Crippen LogP contribution in [0.25, 0.3) is 0 Å². The summed E-state index contributed by atoms with van der Waals surface area (Å²) in [6.45, 7) is 8.26. The highest BCUT2D eigenvalue weighted by molar-refractivity contribution is 7.99. The van der Waals surface area contributed by atoms with E-state index in [1.54, 1.807) is 11.8 Å². The smallest absolute Gasteiger partial charge is 0.227 e. The number of fused-ring (bicyclic) bond motifs is 1. The van der Waals surface area contributed by atoms with E-state index in [0.29, 0.717) is 6.42 Å². The third-order valence-corrected chi connectivity index (χ3v) is 5.49. The molecule has 0 aromatic carbocycles. The number of carbonyl (C=O) groups is 1. The summed E-state index contributed by atoms with van der Waals surface area (Å²) in [6, 6.07) is 0. The lowest BCUT2D eigenvalue weighted by molar-refractivity contribution is -0.320. The molecule has 4 atom stereocenters. The summed E-state index contributed by atoms with van der Waals surface area (Å²) >= 11 is 1.69. The van der Waals surface area contributed by atoms with Gasteiger partial charge in [0.25, 0.3) is 0 Å². The molecule has 3 fully saturated rings. The summed E-state index contributed by atoms with van der Waals surface area (Å²) in [5.41, 5.74) is -0.574. The maximum Gasteiger partial charge on any atom is 0.227 e. The zero-order valence-electron chi connectivity index (χ0n) is 11.6. The second-order valence-electron chi connectivity index (χ2n) is 6.18. The van der Waals surface area contributed by atoms with Crippen molar-refractivity contribution < 1.29 is 14.3 Å². The second kappa shape index (κ2) is 3.44. The minimum absolute atomic E-state index is 0.108. The summed E-state index contributed by atoms with van der Waals surface area (Å²) in [5, 5.41) is 0. The largest absolute Gasteiger partial charge is 0.326 e. The maximum atomic E-state index is 11.9. The Hall–Kier alpha value is -0.260. The quantitative estimate of drug-likeness (QED) is 0.570. The number of hydrogen-bond donors (Lipinski definition) is 0. The third kappa shape index (κ3) is 1.28. The molecule has 18 heavy (non-hydrogen) atoms. The van der Waals surface area contributed by atoms with E-state index in [9.17, 15) is 4.79 Å². The zero-order valence-corrected chi connectivity index (χ0v) is 12.5. The molecule has 3 aliphatic rings. The lowest BCUT2D eigenvalue weighted by atomic mass is 9.68. The monoisotopic (exact) mass is 271 g/mol. The van der Waals surface area contributed by atoms with Gasteiger partial charge in [-0.25, -0.2) is 0 Å². The molecule has 0 aromatic rings. The van der Waals surface area contributed by atoms with E-state index in [1.165, 1.54) is 0 Å². The summed E-state index contributed by atoms with van der Waals surface area (Å²) in [7, 11) is 0. The molecule has 0 bridgehead atoms. The van der Waals surface area contributed by atoms with Crippen molar-refractivity contribution in [3.05, 3.63) is 0 Å². The molecule has 0 aliphatic carbocycles. The van der Waals surface area contributed by atoms with E-state index in [1.807, 2.05) is 25.0 Å². The van der Waals surface area contributed by atoms with Crippen molar-refractivity contribution in [2.45, 2.75) is 63.0 Å². The van der Waals surface area contributed by atoms with Gasteiger partial charge in [0.15, 0.2) is 5.44 Å². The molecule has 102 valence electrons. The normalized spacial score (nSPS) is 48.9. The molecule has 0 N–H and O–H groups in total. The van der Waals surface area contributed by atoms with E-state index in [-0.39, 0.29) is 22.8 Å². The first-order valence-corrected chi connectivity index (χ1v) is 7.84. The number of nitrogens with zero attached hydrogens (tertiary/aromatic N) is 1. The van der Waals surface area contributed by atoms with Gasteiger partial charge in [-0.1, -0.05) is 6.92 Å². The highest BCUT2D eigenvalue weighted by Crippen LogP contribution is 2.63. The molecule has 3 heterocycles. The van der Waals surface area contributed by atoms with E-state index in [0.717, 1.165) is 6.42 Å². The van der Waals surface area contributed by atoms with Crippen LogP contribution in [0.15, 0.2) is 0 Å². The molecule has 0 aromatic heterocycles. The molecule has 4 unspecified atom stereocenters. The number of ether oxygens (including phenoxy) is 2. The highest BCUT2D eigenvalue weighted by Gasteiger charge is 2.76. The predicted octanol–water partition coefficient (Wildman–Crippen LogP) is 2.19. The Bertz CT molecular complexity index is 413. The van der Waals surface area contributed by atoms with Crippen molar-refractivity contribution >= 4 is 17.7 Å². The van der Waals surface area contributed by atoms with Crippen LogP contribution in [0.5, 0.6) is 0 Å². The molecule has 1 spiro atoms. The Morgan fingerprint density at radius 1 is 1.44 bits per heavy atom. The standard InChI is InChI=1S/C13H21NO3S/c1-6-8-12(4)7-9(15)14(12)11(2,3)17-13(8)10(16-13)18-5/h8,10H,6-7H2,1-5H3. The number of amides is 1. The van der Waals surface area contributed by atoms with Gasteiger partial charge < -0.3 is 14.4 Å². The number of rotatable bonds is 2. The zero-order chi connectivity index (χ0) is 13.3. The highest BCUT2D eigenvalue weighted by atomic mass is 32.2. The first-order valence-electron chi connectivity index (χ1n) is 6.56. The van der Waals surface area contributed by atoms with E-state index in [4.69, 9.17) is 9.47 Å². The van der Waals surface area contributed by atoms with Gasteiger partial charge in [-0.3, -0.25) is 4.79 Å². The van der Waals surface area contributed by atoms with Crippen molar-refractivity contribution in [2.24, 2.45) is 5.92 Å². The fraction of sp³-hybridized carbons (Fsp3) is 0.923. The third-order valence-electron chi connectivity index (χ3n) is 4.64. The van der Waals surface area contributed by atoms with Gasteiger partial charge in [0, 0.05) is 5.92 Å². The fourth-order valence-corrected chi connectivity index (χ4v) is 4.97. The number of epoxide rings is 1. The molecule has 0 saturated carbocycles. The van der Waals surface area contributed by atoms with E-state index >= 15 is 0 Å². The molecule has 3 saturated heterocycles. The molecule has 5 heteroatoms. The van der Waals surface area contributed by atoms with Gasteiger partial charge in [0.2, 0.25) is 11.7 Å². The summed E-state index contributed by atoms with van der Waals surface area (Å²) in [5.74, 6) is -0.0331. The van der Waals surface area contributed by atoms with Gasteiger partial charge in [0.05, 0.1) is 12.0 Å². The van der Waals surface area contributed by atoms with Crippen LogP contribution >= 0.6 is 11.8 Å². The maximum absolute atomic E-state index is 11.9. The van der Waals surface area contributed by atoms with Gasteiger partial charge in [-0.15, -0.1) is 11.8 Å². The predicted molar refractivity (Wildman–Crippen MR) is 69.9 cm³/mol. The topological polar surface area (TPSA) is 42.1 Å². The molecular weight excluding hydrogens is 250 g/mol.